The maximum Gasteiger partial charge on any atom is 0.191 e. The molecular weight excluding hydrogens is 266 g/mol. The molecule has 0 amide bonds. The number of hydrogen-bond donors (Lipinski definition) is 2. The largest absolute Gasteiger partial charge is 0.497 e. The van der Waals surface area contributed by atoms with Gasteiger partial charge in [-0.15, -0.1) is 0 Å². The minimum Gasteiger partial charge on any atom is -0.497 e. The second kappa shape index (κ2) is 10.0. The van der Waals surface area contributed by atoms with Crippen LogP contribution in [0.2, 0.25) is 0 Å². The molecule has 5 nitrogen and oxygen atoms in total. The predicted octanol–water partition coefficient (Wildman–Crippen LogP) is 2.03. The average Bonchev–Trinajstić information content (AvgIpc) is 2.50. The van der Waals surface area contributed by atoms with Crippen LogP contribution in [0.15, 0.2) is 29.3 Å². The van der Waals surface area contributed by atoms with Crippen LogP contribution >= 0.6 is 0 Å². The summed E-state index contributed by atoms with van der Waals surface area (Å²) in [4.78, 5) is 4.18. The van der Waals surface area contributed by atoms with Crippen molar-refractivity contribution >= 4 is 5.96 Å². The van der Waals surface area contributed by atoms with Crippen molar-refractivity contribution < 1.29 is 9.47 Å². The third-order valence-corrected chi connectivity index (χ3v) is 2.83. The molecule has 0 fully saturated rings. The van der Waals surface area contributed by atoms with Gasteiger partial charge in [0.1, 0.15) is 5.75 Å². The molecule has 0 aliphatic carbocycles. The molecule has 0 heterocycles. The van der Waals surface area contributed by atoms with E-state index in [-0.39, 0.29) is 0 Å². The second-order valence-corrected chi connectivity index (χ2v) is 5.17. The van der Waals surface area contributed by atoms with Gasteiger partial charge >= 0.3 is 0 Å². The number of nitrogens with zero attached hydrogens (tertiary/aromatic N) is 1. The van der Waals surface area contributed by atoms with Crippen molar-refractivity contribution in [2.75, 3.05) is 33.9 Å². The number of nitrogens with one attached hydrogen (secondary N) is 2. The average molecular weight is 293 g/mol. The van der Waals surface area contributed by atoms with Crippen LogP contribution in [0.3, 0.4) is 0 Å². The van der Waals surface area contributed by atoms with E-state index in [2.05, 4.69) is 29.5 Å². The topological polar surface area (TPSA) is 54.9 Å². The van der Waals surface area contributed by atoms with Crippen molar-refractivity contribution in [2.24, 2.45) is 10.9 Å². The van der Waals surface area contributed by atoms with Gasteiger partial charge in [0, 0.05) is 26.7 Å². The summed E-state index contributed by atoms with van der Waals surface area (Å²) in [5.74, 6) is 2.21. The first-order valence-corrected chi connectivity index (χ1v) is 7.31. The van der Waals surface area contributed by atoms with Crippen LogP contribution in [-0.4, -0.2) is 39.9 Å². The lowest BCUT2D eigenvalue weighted by molar-refractivity contribution is 0.114. The van der Waals surface area contributed by atoms with Gasteiger partial charge in [-0.1, -0.05) is 26.0 Å². The van der Waals surface area contributed by atoms with E-state index in [1.165, 1.54) is 5.56 Å². The molecule has 0 saturated heterocycles. The molecule has 5 heteroatoms. The Kier molecular flexibility index (Phi) is 8.28. The Morgan fingerprint density at radius 2 is 1.90 bits per heavy atom. The molecule has 2 N–H and O–H groups in total. The highest BCUT2D eigenvalue weighted by Crippen LogP contribution is 2.10. The molecule has 0 unspecified atom stereocenters. The summed E-state index contributed by atoms with van der Waals surface area (Å²) in [7, 11) is 3.43. The van der Waals surface area contributed by atoms with Gasteiger partial charge in [0.2, 0.25) is 0 Å². The SMILES string of the molecule is CN=C(NCCOCC(C)C)NCc1ccc(OC)cc1. The standard InChI is InChI=1S/C16H27N3O2/c1-13(2)12-21-10-9-18-16(17-3)19-11-14-5-7-15(20-4)8-6-14/h5-8,13H,9-12H2,1-4H3,(H2,17,18,19). The second-order valence-electron chi connectivity index (χ2n) is 5.17. The molecule has 0 radical (unpaired) electrons. The van der Waals surface area contributed by atoms with Crippen molar-refractivity contribution in [1.82, 2.24) is 10.6 Å². The first-order valence-electron chi connectivity index (χ1n) is 7.31. The monoisotopic (exact) mass is 293 g/mol. The molecule has 0 aromatic heterocycles. The first kappa shape index (κ1) is 17.3. The molecule has 0 aliphatic heterocycles. The summed E-state index contributed by atoms with van der Waals surface area (Å²) in [5.41, 5.74) is 1.18. The Morgan fingerprint density at radius 1 is 1.19 bits per heavy atom. The number of ether oxygens (including phenoxy) is 2. The Bertz CT molecular complexity index is 416. The minimum atomic E-state index is 0.567. The van der Waals surface area contributed by atoms with Crippen LogP contribution in [0.5, 0.6) is 5.75 Å². The summed E-state index contributed by atoms with van der Waals surface area (Å²) in [6.07, 6.45) is 0. The Labute approximate surface area is 127 Å². The quantitative estimate of drug-likeness (QED) is 0.437. The number of benzene rings is 1. The van der Waals surface area contributed by atoms with Crippen LogP contribution < -0.4 is 15.4 Å². The number of methoxy groups -OCH3 is 1. The molecule has 0 spiro atoms. The van der Waals surface area contributed by atoms with Gasteiger partial charge in [-0.3, -0.25) is 4.99 Å². The van der Waals surface area contributed by atoms with E-state index in [4.69, 9.17) is 9.47 Å². The molecule has 118 valence electrons. The summed E-state index contributed by atoms with van der Waals surface area (Å²) in [6, 6.07) is 7.97. The van der Waals surface area contributed by atoms with E-state index >= 15 is 0 Å². The summed E-state index contributed by atoms with van der Waals surface area (Å²) < 4.78 is 10.7. The zero-order chi connectivity index (χ0) is 15.5. The van der Waals surface area contributed by atoms with E-state index in [1.54, 1.807) is 14.2 Å². The van der Waals surface area contributed by atoms with Gasteiger partial charge in [-0.05, 0) is 23.6 Å². The smallest absolute Gasteiger partial charge is 0.191 e. The maximum absolute atomic E-state index is 5.52. The molecule has 0 atom stereocenters. The lowest BCUT2D eigenvalue weighted by Gasteiger charge is -2.13. The van der Waals surface area contributed by atoms with Gasteiger partial charge in [0.15, 0.2) is 5.96 Å². The van der Waals surface area contributed by atoms with Gasteiger partial charge < -0.3 is 20.1 Å². The number of hydrogen-bond acceptors (Lipinski definition) is 3. The van der Waals surface area contributed by atoms with Crippen LogP contribution in [0.25, 0.3) is 0 Å². The number of aliphatic imine (C=N–C) groups is 1. The highest BCUT2D eigenvalue weighted by atomic mass is 16.5. The molecule has 0 saturated carbocycles. The Morgan fingerprint density at radius 3 is 2.48 bits per heavy atom. The highest BCUT2D eigenvalue weighted by molar-refractivity contribution is 5.79. The molecule has 0 aliphatic rings. The zero-order valence-electron chi connectivity index (χ0n) is 13.5. The van der Waals surface area contributed by atoms with E-state index in [0.29, 0.717) is 12.5 Å². The first-order chi connectivity index (χ1) is 10.2. The molecule has 1 rings (SSSR count). The summed E-state index contributed by atoms with van der Waals surface area (Å²) in [6.45, 7) is 7.22. The fraction of sp³-hybridized carbons (Fsp3) is 0.562. The fourth-order valence-corrected chi connectivity index (χ4v) is 1.71. The van der Waals surface area contributed by atoms with Crippen molar-refractivity contribution in [3.8, 4) is 5.75 Å². The van der Waals surface area contributed by atoms with Gasteiger partial charge in [-0.25, -0.2) is 0 Å². The van der Waals surface area contributed by atoms with Crippen LogP contribution in [0.1, 0.15) is 19.4 Å². The molecule has 1 aromatic carbocycles. The molecule has 1 aromatic rings. The maximum atomic E-state index is 5.52. The lowest BCUT2D eigenvalue weighted by Crippen LogP contribution is -2.38. The zero-order valence-corrected chi connectivity index (χ0v) is 13.5. The van der Waals surface area contributed by atoms with Crippen LogP contribution in [-0.2, 0) is 11.3 Å². The number of rotatable bonds is 8. The summed E-state index contributed by atoms with van der Waals surface area (Å²) in [5, 5.41) is 6.49. The van der Waals surface area contributed by atoms with Crippen LogP contribution in [0, 0.1) is 5.92 Å². The van der Waals surface area contributed by atoms with Crippen molar-refractivity contribution in [1.29, 1.82) is 0 Å². The van der Waals surface area contributed by atoms with Gasteiger partial charge in [0.05, 0.1) is 13.7 Å². The summed E-state index contributed by atoms with van der Waals surface area (Å²) >= 11 is 0. The van der Waals surface area contributed by atoms with Crippen molar-refractivity contribution in [2.45, 2.75) is 20.4 Å². The van der Waals surface area contributed by atoms with E-state index < -0.39 is 0 Å². The third-order valence-electron chi connectivity index (χ3n) is 2.83. The fourth-order valence-electron chi connectivity index (χ4n) is 1.71. The molecule has 21 heavy (non-hydrogen) atoms. The highest BCUT2D eigenvalue weighted by Gasteiger charge is 1.99. The van der Waals surface area contributed by atoms with Crippen molar-refractivity contribution in [3.63, 3.8) is 0 Å². The Balaban J connectivity index is 2.24. The van der Waals surface area contributed by atoms with E-state index in [1.807, 2.05) is 24.3 Å². The minimum absolute atomic E-state index is 0.567. The third kappa shape index (κ3) is 7.56. The van der Waals surface area contributed by atoms with Crippen LogP contribution in [0.4, 0.5) is 0 Å². The molecule has 0 bridgehead atoms. The van der Waals surface area contributed by atoms with Gasteiger partial charge in [0.25, 0.3) is 0 Å². The lowest BCUT2D eigenvalue weighted by atomic mass is 10.2. The van der Waals surface area contributed by atoms with Gasteiger partial charge in [-0.2, -0.15) is 0 Å². The normalized spacial score (nSPS) is 11.6. The van der Waals surface area contributed by atoms with E-state index in [0.717, 1.165) is 31.4 Å². The number of guanidine groups is 1. The van der Waals surface area contributed by atoms with Crippen molar-refractivity contribution in [3.05, 3.63) is 29.8 Å². The molecular formula is C16H27N3O2. The van der Waals surface area contributed by atoms with E-state index in [9.17, 15) is 0 Å². The predicted molar refractivity (Wildman–Crippen MR) is 86.9 cm³/mol. The Hall–Kier alpha value is -1.75.